The van der Waals surface area contributed by atoms with Gasteiger partial charge in [-0.2, -0.15) is 0 Å². The van der Waals surface area contributed by atoms with Gasteiger partial charge in [-0.25, -0.2) is 4.85 Å². The first-order valence-corrected chi connectivity index (χ1v) is 11.5. The molecule has 1 aliphatic rings. The average molecular weight is 455 g/mol. The van der Waals surface area contributed by atoms with E-state index in [1.807, 2.05) is 12.1 Å². The predicted molar refractivity (Wildman–Crippen MR) is 135 cm³/mol. The molecule has 1 aliphatic heterocycles. The van der Waals surface area contributed by atoms with Crippen molar-refractivity contribution in [3.8, 4) is 16.9 Å². The Hall–Kier alpha value is -3.66. The first-order chi connectivity index (χ1) is 16.6. The molecule has 0 unspecified atom stereocenters. The Bertz CT molecular complexity index is 1200. The minimum atomic E-state index is -0.199. The third-order valence-electron chi connectivity index (χ3n) is 6.05. The lowest BCUT2D eigenvalue weighted by atomic mass is 9.99. The fraction of sp³-hybridized carbons (Fsp3) is 0.286. The lowest BCUT2D eigenvalue weighted by Crippen LogP contribution is -2.48. The zero-order chi connectivity index (χ0) is 23.9. The number of ether oxygens (including phenoxy) is 1. The van der Waals surface area contributed by atoms with E-state index in [2.05, 4.69) is 57.6 Å². The Morgan fingerprint density at radius 3 is 2.79 bits per heavy atom. The van der Waals surface area contributed by atoms with E-state index in [1.165, 1.54) is 5.56 Å². The van der Waals surface area contributed by atoms with Crippen LogP contribution in [0.15, 0.2) is 66.7 Å². The van der Waals surface area contributed by atoms with Crippen LogP contribution in [0, 0.1) is 6.57 Å². The third kappa shape index (κ3) is 5.82. The van der Waals surface area contributed by atoms with Gasteiger partial charge >= 0.3 is 0 Å². The van der Waals surface area contributed by atoms with Crippen LogP contribution in [0.25, 0.3) is 16.0 Å². The molecule has 3 aromatic rings. The molecule has 0 aromatic heterocycles. The van der Waals surface area contributed by atoms with Crippen molar-refractivity contribution >= 4 is 11.6 Å². The second kappa shape index (κ2) is 11.0. The lowest BCUT2D eigenvalue weighted by molar-refractivity contribution is 0.0951. The molecule has 0 spiro atoms. The van der Waals surface area contributed by atoms with Crippen molar-refractivity contribution in [2.45, 2.75) is 26.1 Å². The van der Waals surface area contributed by atoms with Gasteiger partial charge in [0.2, 0.25) is 5.91 Å². The predicted octanol–water partition coefficient (Wildman–Crippen LogP) is 4.64. The minimum absolute atomic E-state index is 0.199. The molecule has 34 heavy (non-hydrogen) atoms. The summed E-state index contributed by atoms with van der Waals surface area (Å²) in [5, 5.41) is 6.45. The number of carbonyl (C=O) groups is 1. The van der Waals surface area contributed by atoms with E-state index >= 15 is 0 Å². The van der Waals surface area contributed by atoms with Crippen molar-refractivity contribution in [2.75, 3.05) is 26.7 Å². The fourth-order valence-electron chi connectivity index (χ4n) is 4.34. The lowest BCUT2D eigenvalue weighted by Gasteiger charge is -2.31. The number of nitrogens with one attached hydrogen (secondary N) is 2. The van der Waals surface area contributed by atoms with E-state index in [9.17, 15) is 4.79 Å². The monoisotopic (exact) mass is 454 g/mol. The van der Waals surface area contributed by atoms with Crippen LogP contribution in [-0.4, -0.2) is 43.6 Å². The van der Waals surface area contributed by atoms with Crippen LogP contribution in [-0.2, 0) is 13.1 Å². The molecule has 1 fully saturated rings. The van der Waals surface area contributed by atoms with Crippen molar-refractivity contribution < 1.29 is 9.53 Å². The molecule has 6 heteroatoms. The van der Waals surface area contributed by atoms with Gasteiger partial charge in [0.25, 0.3) is 0 Å². The highest BCUT2D eigenvalue weighted by Crippen LogP contribution is 2.32. The first kappa shape index (κ1) is 23.5. The molecule has 1 saturated heterocycles. The van der Waals surface area contributed by atoms with E-state index in [1.54, 1.807) is 31.4 Å². The van der Waals surface area contributed by atoms with Crippen molar-refractivity contribution in [1.82, 2.24) is 15.5 Å². The number of hydrogen-bond acceptors (Lipinski definition) is 4. The number of nitrogens with zero attached hydrogens (tertiary/aromatic N) is 2. The summed E-state index contributed by atoms with van der Waals surface area (Å²) in [7, 11) is 1.68. The Morgan fingerprint density at radius 1 is 1.15 bits per heavy atom. The molecule has 0 aliphatic carbocycles. The molecule has 6 nitrogen and oxygen atoms in total. The highest BCUT2D eigenvalue weighted by atomic mass is 16.5. The normalized spacial score (nSPS) is 16.0. The van der Waals surface area contributed by atoms with E-state index in [0.29, 0.717) is 23.8 Å². The third-order valence-corrected chi connectivity index (χ3v) is 6.05. The van der Waals surface area contributed by atoms with E-state index in [4.69, 9.17) is 11.3 Å². The zero-order valence-corrected chi connectivity index (χ0v) is 19.7. The molecular formula is C28H30N4O2. The van der Waals surface area contributed by atoms with E-state index in [-0.39, 0.29) is 5.91 Å². The molecule has 0 saturated carbocycles. The first-order valence-electron chi connectivity index (χ1n) is 11.5. The zero-order valence-electron chi connectivity index (χ0n) is 19.7. The fourth-order valence-corrected chi connectivity index (χ4v) is 4.34. The molecule has 1 atom stereocenters. The Kier molecular flexibility index (Phi) is 7.58. The molecule has 2 N–H and O–H groups in total. The summed E-state index contributed by atoms with van der Waals surface area (Å²) in [6, 6.07) is 21.8. The number of rotatable bonds is 7. The Balaban J connectivity index is 1.50. The van der Waals surface area contributed by atoms with Crippen LogP contribution in [0.1, 0.15) is 28.4 Å². The SMILES string of the molecule is [C-]#[N+]c1cccc(C(=O)NCc2ccc(OC)c(-c3cccc(CN4CCN[C@@H](C)C4)c3)c2)c1. The van der Waals surface area contributed by atoms with Gasteiger partial charge in [-0.1, -0.05) is 42.5 Å². The Labute approximate surface area is 201 Å². The van der Waals surface area contributed by atoms with Crippen LogP contribution in [0.5, 0.6) is 5.75 Å². The van der Waals surface area contributed by atoms with Crippen LogP contribution in [0.3, 0.4) is 0 Å². The maximum atomic E-state index is 12.6. The molecule has 174 valence electrons. The van der Waals surface area contributed by atoms with Crippen LogP contribution < -0.4 is 15.4 Å². The van der Waals surface area contributed by atoms with E-state index < -0.39 is 0 Å². The topological polar surface area (TPSA) is 58.0 Å². The maximum Gasteiger partial charge on any atom is 0.250 e. The summed E-state index contributed by atoms with van der Waals surface area (Å²) in [6.45, 7) is 13.8. The highest BCUT2D eigenvalue weighted by molar-refractivity contribution is 5.95. The van der Waals surface area contributed by atoms with Crippen LogP contribution in [0.2, 0.25) is 0 Å². The van der Waals surface area contributed by atoms with Gasteiger partial charge < -0.3 is 15.4 Å². The van der Waals surface area contributed by atoms with Gasteiger partial charge in [-0.15, -0.1) is 0 Å². The second-order valence-electron chi connectivity index (χ2n) is 8.67. The molecular weight excluding hydrogens is 424 g/mol. The molecule has 4 rings (SSSR count). The number of hydrogen-bond donors (Lipinski definition) is 2. The van der Waals surface area contributed by atoms with E-state index in [0.717, 1.165) is 48.6 Å². The van der Waals surface area contributed by atoms with Crippen molar-refractivity contribution in [3.05, 3.63) is 94.8 Å². The summed E-state index contributed by atoms with van der Waals surface area (Å²) in [6.07, 6.45) is 0. The number of piperazine rings is 1. The Morgan fingerprint density at radius 2 is 2.00 bits per heavy atom. The van der Waals surface area contributed by atoms with Crippen molar-refractivity contribution in [1.29, 1.82) is 0 Å². The smallest absolute Gasteiger partial charge is 0.250 e. The second-order valence-corrected chi connectivity index (χ2v) is 8.67. The van der Waals surface area contributed by atoms with Gasteiger partial charge in [0.1, 0.15) is 5.75 Å². The highest BCUT2D eigenvalue weighted by Gasteiger charge is 2.16. The molecule has 0 bridgehead atoms. The molecule has 0 radical (unpaired) electrons. The van der Waals surface area contributed by atoms with Gasteiger partial charge in [-0.3, -0.25) is 9.69 Å². The summed E-state index contributed by atoms with van der Waals surface area (Å²) in [4.78, 5) is 18.4. The molecule has 1 heterocycles. The van der Waals surface area contributed by atoms with Crippen LogP contribution >= 0.6 is 0 Å². The summed E-state index contributed by atoms with van der Waals surface area (Å²) < 4.78 is 5.64. The standard InChI is InChI=1S/C28H30N4O2/c1-20-18-32(13-12-30-20)19-22-6-4-7-23(14-22)26-15-21(10-11-27(26)34-3)17-31-28(33)24-8-5-9-25(16-24)29-2/h4-11,14-16,20,30H,12-13,17-19H2,1,3H3,(H,31,33)/t20-/m0/s1. The minimum Gasteiger partial charge on any atom is -0.496 e. The largest absolute Gasteiger partial charge is 0.496 e. The molecule has 3 aromatic carbocycles. The number of amides is 1. The van der Waals surface area contributed by atoms with Crippen molar-refractivity contribution in [2.24, 2.45) is 0 Å². The molecule has 1 amide bonds. The van der Waals surface area contributed by atoms with Gasteiger partial charge in [0.05, 0.1) is 13.7 Å². The van der Waals surface area contributed by atoms with Gasteiger partial charge in [0, 0.05) is 49.9 Å². The van der Waals surface area contributed by atoms with Gasteiger partial charge in [-0.05, 0) is 47.9 Å². The number of benzene rings is 3. The number of carbonyl (C=O) groups excluding carboxylic acids is 1. The van der Waals surface area contributed by atoms with Gasteiger partial charge in [0.15, 0.2) is 5.69 Å². The quantitative estimate of drug-likeness (QED) is 0.511. The maximum absolute atomic E-state index is 12.6. The number of methoxy groups -OCH3 is 1. The van der Waals surface area contributed by atoms with Crippen LogP contribution in [0.4, 0.5) is 5.69 Å². The van der Waals surface area contributed by atoms with Crippen molar-refractivity contribution in [3.63, 3.8) is 0 Å². The summed E-state index contributed by atoms with van der Waals surface area (Å²) in [5.74, 6) is 0.600. The average Bonchev–Trinajstić information content (AvgIpc) is 2.87. The summed E-state index contributed by atoms with van der Waals surface area (Å²) >= 11 is 0. The summed E-state index contributed by atoms with van der Waals surface area (Å²) in [5.41, 5.74) is 5.28.